The summed E-state index contributed by atoms with van der Waals surface area (Å²) in [6, 6.07) is 4.53. The molecule has 5 N–H and O–H groups in total. The SMILES string of the molecule is CC(C)C[C@@H](NC(=O)NCCc1ccc(S(N)(=O)=O)cc1)C(=O)O. The first-order valence-electron chi connectivity index (χ1n) is 7.48. The number of hydrogen-bond acceptors (Lipinski definition) is 4. The van der Waals surface area contributed by atoms with Crippen molar-refractivity contribution in [2.75, 3.05) is 6.54 Å². The van der Waals surface area contributed by atoms with E-state index in [0.717, 1.165) is 5.56 Å². The molecule has 0 radical (unpaired) electrons. The highest BCUT2D eigenvalue weighted by Crippen LogP contribution is 2.09. The Labute approximate surface area is 141 Å². The minimum atomic E-state index is -3.72. The van der Waals surface area contributed by atoms with E-state index in [9.17, 15) is 18.0 Å². The zero-order valence-electron chi connectivity index (χ0n) is 13.7. The van der Waals surface area contributed by atoms with Gasteiger partial charge in [-0.05, 0) is 36.5 Å². The molecule has 0 saturated heterocycles. The third-order valence-corrected chi connectivity index (χ3v) is 4.19. The molecule has 0 spiro atoms. The summed E-state index contributed by atoms with van der Waals surface area (Å²) in [5.41, 5.74) is 0.819. The van der Waals surface area contributed by atoms with Crippen LogP contribution in [-0.2, 0) is 21.2 Å². The van der Waals surface area contributed by atoms with Gasteiger partial charge in [-0.3, -0.25) is 0 Å². The normalized spacial score (nSPS) is 12.7. The van der Waals surface area contributed by atoms with Gasteiger partial charge in [-0.2, -0.15) is 0 Å². The Hall–Kier alpha value is -2.13. The average molecular weight is 357 g/mol. The van der Waals surface area contributed by atoms with E-state index in [0.29, 0.717) is 12.8 Å². The number of carboxylic acids is 1. The Bertz CT molecular complexity index is 671. The van der Waals surface area contributed by atoms with E-state index in [1.807, 2.05) is 13.8 Å². The number of rotatable bonds is 8. The number of benzene rings is 1. The number of sulfonamides is 1. The topological polar surface area (TPSA) is 139 Å². The molecule has 0 aromatic heterocycles. The minimum absolute atomic E-state index is 0.0231. The molecule has 1 aromatic carbocycles. The van der Waals surface area contributed by atoms with Crippen LogP contribution in [0.2, 0.25) is 0 Å². The molecule has 9 heteroatoms. The van der Waals surface area contributed by atoms with Gasteiger partial charge >= 0.3 is 12.0 Å². The Morgan fingerprint density at radius 2 is 1.79 bits per heavy atom. The van der Waals surface area contributed by atoms with Crippen LogP contribution in [0.4, 0.5) is 4.79 Å². The zero-order chi connectivity index (χ0) is 18.3. The predicted molar refractivity (Wildman–Crippen MR) is 88.9 cm³/mol. The van der Waals surface area contributed by atoms with Gasteiger partial charge in [0.1, 0.15) is 6.04 Å². The summed E-state index contributed by atoms with van der Waals surface area (Å²) in [5, 5.41) is 19.1. The van der Waals surface area contributed by atoms with Gasteiger partial charge in [-0.25, -0.2) is 23.1 Å². The Morgan fingerprint density at radius 3 is 2.25 bits per heavy atom. The van der Waals surface area contributed by atoms with Gasteiger partial charge in [-0.1, -0.05) is 26.0 Å². The molecule has 1 atom stereocenters. The van der Waals surface area contributed by atoms with Crippen LogP contribution in [0.5, 0.6) is 0 Å². The largest absolute Gasteiger partial charge is 0.480 e. The van der Waals surface area contributed by atoms with Crippen LogP contribution >= 0.6 is 0 Å². The highest BCUT2D eigenvalue weighted by atomic mass is 32.2. The summed E-state index contributed by atoms with van der Waals surface area (Å²) in [7, 11) is -3.72. The monoisotopic (exact) mass is 357 g/mol. The van der Waals surface area contributed by atoms with E-state index in [1.165, 1.54) is 12.1 Å². The lowest BCUT2D eigenvalue weighted by Gasteiger charge is -2.16. The van der Waals surface area contributed by atoms with E-state index in [1.54, 1.807) is 12.1 Å². The Balaban J connectivity index is 2.46. The maximum absolute atomic E-state index is 11.7. The summed E-state index contributed by atoms with van der Waals surface area (Å²) in [5.74, 6) is -0.929. The molecule has 1 rings (SSSR count). The number of nitrogens with one attached hydrogen (secondary N) is 2. The van der Waals surface area contributed by atoms with Crippen molar-refractivity contribution in [3.05, 3.63) is 29.8 Å². The van der Waals surface area contributed by atoms with Crippen LogP contribution in [0.1, 0.15) is 25.8 Å². The molecule has 1 aromatic rings. The number of nitrogens with two attached hydrogens (primary N) is 1. The summed E-state index contributed by atoms with van der Waals surface area (Å²) >= 11 is 0. The molecule has 0 bridgehead atoms. The molecular weight excluding hydrogens is 334 g/mol. The fourth-order valence-corrected chi connectivity index (χ4v) is 2.58. The predicted octanol–water partition coefficient (Wildman–Crippen LogP) is 0.675. The number of carbonyl (C=O) groups is 2. The van der Waals surface area contributed by atoms with E-state index >= 15 is 0 Å². The molecule has 0 fully saturated rings. The van der Waals surface area contributed by atoms with Crippen molar-refractivity contribution in [2.24, 2.45) is 11.1 Å². The Kier molecular flexibility index (Phi) is 7.18. The van der Waals surface area contributed by atoms with Crippen LogP contribution in [0.3, 0.4) is 0 Å². The summed E-state index contributed by atoms with van der Waals surface area (Å²) in [6.45, 7) is 4.04. The number of primary sulfonamides is 1. The highest BCUT2D eigenvalue weighted by molar-refractivity contribution is 7.89. The third-order valence-electron chi connectivity index (χ3n) is 3.26. The van der Waals surface area contributed by atoms with Crippen LogP contribution in [-0.4, -0.2) is 38.1 Å². The second-order valence-electron chi connectivity index (χ2n) is 5.86. The van der Waals surface area contributed by atoms with Gasteiger partial charge in [-0.15, -0.1) is 0 Å². The molecule has 2 amide bonds. The quantitative estimate of drug-likeness (QED) is 0.542. The second-order valence-corrected chi connectivity index (χ2v) is 7.42. The number of urea groups is 1. The van der Waals surface area contributed by atoms with Crippen molar-refractivity contribution < 1.29 is 23.1 Å². The lowest BCUT2D eigenvalue weighted by atomic mass is 10.0. The van der Waals surface area contributed by atoms with Crippen LogP contribution in [0.25, 0.3) is 0 Å². The van der Waals surface area contributed by atoms with Crippen molar-refractivity contribution in [2.45, 2.75) is 37.6 Å². The first-order chi connectivity index (χ1) is 11.1. The average Bonchev–Trinajstić information content (AvgIpc) is 2.45. The van der Waals surface area contributed by atoms with Gasteiger partial charge in [0.15, 0.2) is 0 Å². The van der Waals surface area contributed by atoms with E-state index in [2.05, 4.69) is 10.6 Å². The summed E-state index contributed by atoms with van der Waals surface area (Å²) < 4.78 is 22.3. The number of aliphatic carboxylic acids is 1. The van der Waals surface area contributed by atoms with Gasteiger partial charge in [0.2, 0.25) is 10.0 Å². The standard InChI is InChI=1S/C15H23N3O5S/c1-10(2)9-13(14(19)20)18-15(21)17-8-7-11-3-5-12(6-4-11)24(16,22)23/h3-6,10,13H,7-9H2,1-2H3,(H,19,20)(H2,16,22,23)(H2,17,18,21)/t13-/m1/s1. The minimum Gasteiger partial charge on any atom is -0.480 e. The first-order valence-corrected chi connectivity index (χ1v) is 9.03. The van der Waals surface area contributed by atoms with Crippen LogP contribution < -0.4 is 15.8 Å². The number of hydrogen-bond donors (Lipinski definition) is 4. The number of carbonyl (C=O) groups excluding carboxylic acids is 1. The molecule has 0 saturated carbocycles. The van der Waals surface area contributed by atoms with Gasteiger partial charge in [0.05, 0.1) is 4.90 Å². The highest BCUT2D eigenvalue weighted by Gasteiger charge is 2.20. The first kappa shape index (κ1) is 19.9. The van der Waals surface area contributed by atoms with Gasteiger partial charge in [0.25, 0.3) is 0 Å². The third kappa shape index (κ3) is 6.97. The fourth-order valence-electron chi connectivity index (χ4n) is 2.07. The smallest absolute Gasteiger partial charge is 0.326 e. The molecule has 0 heterocycles. The maximum atomic E-state index is 11.7. The molecule has 134 valence electrons. The molecular formula is C15H23N3O5S. The van der Waals surface area contributed by atoms with Crippen molar-refractivity contribution in [3.8, 4) is 0 Å². The molecule has 24 heavy (non-hydrogen) atoms. The van der Waals surface area contributed by atoms with Crippen molar-refractivity contribution in [3.63, 3.8) is 0 Å². The second kappa shape index (κ2) is 8.65. The number of carboxylic acid groups (broad SMARTS) is 1. The Morgan fingerprint density at radius 1 is 1.21 bits per heavy atom. The maximum Gasteiger partial charge on any atom is 0.326 e. The van der Waals surface area contributed by atoms with Crippen LogP contribution in [0.15, 0.2) is 29.2 Å². The van der Waals surface area contributed by atoms with Crippen molar-refractivity contribution >= 4 is 22.0 Å². The lowest BCUT2D eigenvalue weighted by molar-refractivity contribution is -0.139. The molecule has 0 unspecified atom stereocenters. The van der Waals surface area contributed by atoms with E-state index in [4.69, 9.17) is 10.2 Å². The van der Waals surface area contributed by atoms with E-state index < -0.39 is 28.1 Å². The molecule has 0 aliphatic carbocycles. The number of amides is 2. The summed E-state index contributed by atoms with van der Waals surface area (Å²) in [4.78, 5) is 22.8. The molecule has 0 aliphatic rings. The van der Waals surface area contributed by atoms with Gasteiger partial charge < -0.3 is 15.7 Å². The van der Waals surface area contributed by atoms with Crippen LogP contribution in [0, 0.1) is 5.92 Å². The van der Waals surface area contributed by atoms with Crippen molar-refractivity contribution in [1.29, 1.82) is 0 Å². The molecule has 8 nitrogen and oxygen atoms in total. The molecule has 0 aliphatic heterocycles. The van der Waals surface area contributed by atoms with Crippen molar-refractivity contribution in [1.82, 2.24) is 10.6 Å². The van der Waals surface area contributed by atoms with E-state index in [-0.39, 0.29) is 17.4 Å². The van der Waals surface area contributed by atoms with Gasteiger partial charge in [0, 0.05) is 6.54 Å². The summed E-state index contributed by atoms with van der Waals surface area (Å²) in [6.07, 6.45) is 0.817. The zero-order valence-corrected chi connectivity index (χ0v) is 14.5. The lowest BCUT2D eigenvalue weighted by Crippen LogP contribution is -2.47. The fraction of sp³-hybridized carbons (Fsp3) is 0.467.